The van der Waals surface area contributed by atoms with Crippen LogP contribution in [0.2, 0.25) is 0 Å². The van der Waals surface area contributed by atoms with Crippen molar-refractivity contribution < 1.29 is 13.5 Å². The Balaban J connectivity index is 2.47. The molecule has 0 aliphatic carbocycles. The number of phenolic OH excluding ortho intramolecular Hbond substituents is 1. The molecule has 1 rings (SSSR count). The number of sulfonamides is 1. The Kier molecular flexibility index (Phi) is 4.28. The van der Waals surface area contributed by atoms with Gasteiger partial charge in [0.15, 0.2) is 0 Å². The summed E-state index contributed by atoms with van der Waals surface area (Å²) in [7, 11) is -3.41. The highest BCUT2D eigenvalue weighted by Gasteiger charge is 2.07. The maximum Gasteiger partial charge on any atom is 0.210 e. The van der Waals surface area contributed by atoms with Gasteiger partial charge in [-0.05, 0) is 24.6 Å². The van der Waals surface area contributed by atoms with Gasteiger partial charge >= 0.3 is 0 Å². The van der Waals surface area contributed by atoms with Crippen LogP contribution in [0.1, 0.15) is 18.5 Å². The normalized spacial score (nSPS) is 13.6. The van der Waals surface area contributed by atoms with Crippen molar-refractivity contribution in [3.05, 3.63) is 29.8 Å². The summed E-state index contributed by atoms with van der Waals surface area (Å²) in [5.74, 6) is 0.121. The highest BCUT2D eigenvalue weighted by molar-refractivity contribution is 7.89. The summed E-state index contributed by atoms with van der Waals surface area (Å²) in [5.41, 5.74) is 0.979. The maximum absolute atomic E-state index is 10.7. The van der Waals surface area contributed by atoms with Crippen LogP contribution in [0.15, 0.2) is 24.3 Å². The quantitative estimate of drug-likeness (QED) is 0.696. The average Bonchev–Trinajstić information content (AvgIpc) is 2.16. The first kappa shape index (κ1) is 13.0. The summed E-state index contributed by atoms with van der Waals surface area (Å²) >= 11 is 0. The fourth-order valence-electron chi connectivity index (χ4n) is 1.30. The fourth-order valence-corrected chi connectivity index (χ4v) is 1.70. The van der Waals surface area contributed by atoms with Crippen LogP contribution in [0.5, 0.6) is 5.75 Å². The highest BCUT2D eigenvalue weighted by Crippen LogP contribution is 2.15. The van der Waals surface area contributed by atoms with Gasteiger partial charge in [-0.2, -0.15) is 0 Å². The summed E-state index contributed by atoms with van der Waals surface area (Å²) in [6.07, 6.45) is 0. The van der Waals surface area contributed by atoms with Crippen molar-refractivity contribution in [2.24, 2.45) is 5.14 Å². The molecule has 1 aromatic carbocycles. The van der Waals surface area contributed by atoms with E-state index in [1.807, 2.05) is 6.92 Å². The van der Waals surface area contributed by atoms with Crippen LogP contribution >= 0.6 is 0 Å². The molecule has 0 heterocycles. The number of nitrogens with two attached hydrogens (primary N) is 1. The summed E-state index contributed by atoms with van der Waals surface area (Å²) in [6, 6.07) is 6.76. The molecular weight excluding hydrogens is 228 g/mol. The van der Waals surface area contributed by atoms with Gasteiger partial charge in [0.05, 0.1) is 5.75 Å². The van der Waals surface area contributed by atoms with Crippen LogP contribution < -0.4 is 10.5 Å². The second-order valence-corrected chi connectivity index (χ2v) is 5.37. The molecule has 1 aromatic rings. The molecule has 0 amide bonds. The van der Waals surface area contributed by atoms with E-state index in [4.69, 9.17) is 10.2 Å². The van der Waals surface area contributed by atoms with Crippen molar-refractivity contribution in [1.29, 1.82) is 0 Å². The van der Waals surface area contributed by atoms with Crippen molar-refractivity contribution in [1.82, 2.24) is 5.32 Å². The molecular formula is C10H16N2O3S. The minimum absolute atomic E-state index is 0.0161. The predicted octanol–water partition coefficient (Wildman–Crippen LogP) is 0.331. The third-order valence-corrected chi connectivity index (χ3v) is 3.00. The molecule has 1 unspecified atom stereocenters. The number of rotatable bonds is 5. The Bertz CT molecular complexity index is 428. The SMILES string of the molecule is CC(NCCS(N)(=O)=O)c1ccc(O)cc1. The number of primary sulfonamides is 1. The van der Waals surface area contributed by atoms with Gasteiger partial charge < -0.3 is 10.4 Å². The predicted molar refractivity (Wildman–Crippen MR) is 62.5 cm³/mol. The molecule has 5 nitrogen and oxygen atoms in total. The van der Waals surface area contributed by atoms with Crippen LogP contribution in [0.25, 0.3) is 0 Å². The Morgan fingerprint density at radius 2 is 1.94 bits per heavy atom. The molecule has 0 aliphatic rings. The molecule has 4 N–H and O–H groups in total. The fraction of sp³-hybridized carbons (Fsp3) is 0.400. The molecule has 6 heteroatoms. The Labute approximate surface area is 95.3 Å². The number of aromatic hydroxyl groups is 1. The van der Waals surface area contributed by atoms with E-state index >= 15 is 0 Å². The highest BCUT2D eigenvalue weighted by atomic mass is 32.2. The second-order valence-electron chi connectivity index (χ2n) is 3.63. The van der Waals surface area contributed by atoms with Gasteiger partial charge in [0.1, 0.15) is 5.75 Å². The Hall–Kier alpha value is -1.11. The molecule has 1 atom stereocenters. The zero-order chi connectivity index (χ0) is 12.2. The van der Waals surface area contributed by atoms with Gasteiger partial charge in [0.2, 0.25) is 10.0 Å². The molecule has 0 radical (unpaired) electrons. The van der Waals surface area contributed by atoms with Crippen LogP contribution in [0, 0.1) is 0 Å². The van der Waals surface area contributed by atoms with E-state index in [-0.39, 0.29) is 17.5 Å². The van der Waals surface area contributed by atoms with E-state index < -0.39 is 10.0 Å². The third kappa shape index (κ3) is 4.61. The smallest absolute Gasteiger partial charge is 0.210 e. The number of nitrogens with one attached hydrogen (secondary N) is 1. The molecule has 0 fully saturated rings. The van der Waals surface area contributed by atoms with Gasteiger partial charge in [0.25, 0.3) is 0 Å². The summed E-state index contributed by atoms with van der Waals surface area (Å²) < 4.78 is 21.4. The van der Waals surface area contributed by atoms with E-state index in [2.05, 4.69) is 5.32 Å². The van der Waals surface area contributed by atoms with Gasteiger partial charge in [-0.15, -0.1) is 0 Å². The first-order chi connectivity index (χ1) is 7.38. The summed E-state index contributed by atoms with van der Waals surface area (Å²) in [4.78, 5) is 0. The molecule has 0 aliphatic heterocycles. The standard InChI is InChI=1S/C10H16N2O3S/c1-8(12-6-7-16(11,14)15)9-2-4-10(13)5-3-9/h2-5,8,12-13H,6-7H2,1H3,(H2,11,14,15). The van der Waals surface area contributed by atoms with Crippen LogP contribution in [0.4, 0.5) is 0 Å². The minimum atomic E-state index is -3.41. The number of benzene rings is 1. The lowest BCUT2D eigenvalue weighted by molar-refractivity contribution is 0.474. The van der Waals surface area contributed by atoms with Gasteiger partial charge in [-0.1, -0.05) is 12.1 Å². The van der Waals surface area contributed by atoms with E-state index in [1.165, 1.54) is 0 Å². The summed E-state index contributed by atoms with van der Waals surface area (Å²) in [6.45, 7) is 2.22. The lowest BCUT2D eigenvalue weighted by Crippen LogP contribution is -2.28. The molecule has 0 aromatic heterocycles. The topological polar surface area (TPSA) is 92.4 Å². The molecule has 16 heavy (non-hydrogen) atoms. The Morgan fingerprint density at radius 1 is 1.38 bits per heavy atom. The summed E-state index contributed by atoms with van der Waals surface area (Å²) in [5, 5.41) is 17.0. The average molecular weight is 244 g/mol. The molecule has 90 valence electrons. The minimum Gasteiger partial charge on any atom is -0.508 e. The molecule has 0 bridgehead atoms. The zero-order valence-electron chi connectivity index (χ0n) is 9.05. The maximum atomic E-state index is 10.7. The number of hydrogen-bond acceptors (Lipinski definition) is 4. The lowest BCUT2D eigenvalue weighted by Gasteiger charge is -2.13. The van der Waals surface area contributed by atoms with Crippen molar-refractivity contribution in [3.8, 4) is 5.75 Å². The first-order valence-electron chi connectivity index (χ1n) is 4.91. The van der Waals surface area contributed by atoms with E-state index in [0.29, 0.717) is 6.54 Å². The largest absolute Gasteiger partial charge is 0.508 e. The molecule has 0 spiro atoms. The lowest BCUT2D eigenvalue weighted by atomic mass is 10.1. The van der Waals surface area contributed by atoms with Crippen molar-refractivity contribution in [2.45, 2.75) is 13.0 Å². The van der Waals surface area contributed by atoms with Gasteiger partial charge in [0, 0.05) is 12.6 Å². The van der Waals surface area contributed by atoms with Crippen LogP contribution in [-0.2, 0) is 10.0 Å². The molecule has 0 saturated heterocycles. The van der Waals surface area contributed by atoms with Crippen LogP contribution in [0.3, 0.4) is 0 Å². The number of phenols is 1. The van der Waals surface area contributed by atoms with Crippen LogP contribution in [-0.4, -0.2) is 25.8 Å². The molecule has 0 saturated carbocycles. The monoisotopic (exact) mass is 244 g/mol. The van der Waals surface area contributed by atoms with E-state index in [9.17, 15) is 8.42 Å². The van der Waals surface area contributed by atoms with Crippen molar-refractivity contribution >= 4 is 10.0 Å². The van der Waals surface area contributed by atoms with Crippen molar-refractivity contribution in [3.63, 3.8) is 0 Å². The third-order valence-electron chi connectivity index (χ3n) is 2.23. The van der Waals surface area contributed by atoms with E-state index in [0.717, 1.165) is 5.56 Å². The van der Waals surface area contributed by atoms with Crippen molar-refractivity contribution in [2.75, 3.05) is 12.3 Å². The van der Waals surface area contributed by atoms with Gasteiger partial charge in [-0.3, -0.25) is 0 Å². The Morgan fingerprint density at radius 3 is 2.44 bits per heavy atom. The number of hydrogen-bond donors (Lipinski definition) is 3. The zero-order valence-corrected chi connectivity index (χ0v) is 9.87. The first-order valence-corrected chi connectivity index (χ1v) is 6.63. The second kappa shape index (κ2) is 5.29. The van der Waals surface area contributed by atoms with Gasteiger partial charge in [-0.25, -0.2) is 13.6 Å². The van der Waals surface area contributed by atoms with E-state index in [1.54, 1.807) is 24.3 Å².